The van der Waals surface area contributed by atoms with E-state index in [-0.39, 0.29) is 5.91 Å². The van der Waals surface area contributed by atoms with Gasteiger partial charge in [0.1, 0.15) is 5.75 Å². The van der Waals surface area contributed by atoms with Crippen LogP contribution in [0.15, 0.2) is 29.8 Å². The lowest BCUT2D eigenvalue weighted by Crippen LogP contribution is -2.41. The molecule has 1 aromatic rings. The molecule has 124 valence electrons. The molecule has 23 heavy (non-hydrogen) atoms. The lowest BCUT2D eigenvalue weighted by Gasteiger charge is -2.27. The molecule has 1 amide bonds. The Morgan fingerprint density at radius 1 is 1.35 bits per heavy atom. The topological polar surface area (TPSA) is 49.8 Å². The minimum Gasteiger partial charge on any atom is -0.508 e. The quantitative estimate of drug-likeness (QED) is 0.872. The summed E-state index contributed by atoms with van der Waals surface area (Å²) in [6, 6.07) is 5.72. The summed E-state index contributed by atoms with van der Waals surface area (Å²) < 4.78 is 5.27. The van der Waals surface area contributed by atoms with E-state index in [1.165, 1.54) is 12.0 Å². The molecule has 1 aromatic carbocycles. The molecule has 1 atom stereocenters. The first kappa shape index (κ1) is 16.1. The van der Waals surface area contributed by atoms with Gasteiger partial charge in [0, 0.05) is 24.6 Å². The molecule has 1 saturated heterocycles. The lowest BCUT2D eigenvalue weighted by atomic mass is 9.85. The molecule has 0 saturated carbocycles. The first-order valence-corrected chi connectivity index (χ1v) is 8.48. The number of morpholine rings is 1. The summed E-state index contributed by atoms with van der Waals surface area (Å²) in [7, 11) is 0. The highest BCUT2D eigenvalue weighted by Crippen LogP contribution is 2.35. The summed E-state index contributed by atoms with van der Waals surface area (Å²) >= 11 is 0. The van der Waals surface area contributed by atoms with Crippen molar-refractivity contribution in [1.82, 2.24) is 4.90 Å². The van der Waals surface area contributed by atoms with E-state index in [1.54, 1.807) is 6.07 Å². The second kappa shape index (κ2) is 7.18. The molecule has 0 unspecified atom stereocenters. The van der Waals surface area contributed by atoms with Crippen LogP contribution in [0.3, 0.4) is 0 Å². The van der Waals surface area contributed by atoms with Crippen molar-refractivity contribution in [1.29, 1.82) is 0 Å². The zero-order valence-electron chi connectivity index (χ0n) is 13.8. The van der Waals surface area contributed by atoms with Gasteiger partial charge in [-0.25, -0.2) is 0 Å². The number of amides is 1. The zero-order valence-corrected chi connectivity index (χ0v) is 13.8. The number of carbonyl (C=O) groups excluding carboxylic acids is 1. The minimum atomic E-state index is 0.105. The van der Waals surface area contributed by atoms with E-state index in [2.05, 4.69) is 13.0 Å². The van der Waals surface area contributed by atoms with Gasteiger partial charge in [-0.15, -0.1) is 0 Å². The van der Waals surface area contributed by atoms with Gasteiger partial charge in [0.2, 0.25) is 5.91 Å². The SMILES string of the molecule is CC1=C[C@@H](c2ccc(CC(=O)N3CCOCC3)cc2O)CCC1. The number of aromatic hydroxyl groups is 1. The number of phenolic OH excluding ortho intramolecular Hbond substituents is 1. The maximum atomic E-state index is 12.3. The number of carbonyl (C=O) groups is 1. The highest BCUT2D eigenvalue weighted by Gasteiger charge is 2.20. The van der Waals surface area contributed by atoms with Gasteiger partial charge in [-0.05, 0) is 37.8 Å². The van der Waals surface area contributed by atoms with Crippen molar-refractivity contribution in [2.45, 2.75) is 38.5 Å². The Labute approximate surface area is 137 Å². The Hall–Kier alpha value is -1.81. The fourth-order valence-corrected chi connectivity index (χ4v) is 3.47. The van der Waals surface area contributed by atoms with Gasteiger partial charge in [0.05, 0.1) is 19.6 Å². The van der Waals surface area contributed by atoms with Crippen molar-refractivity contribution in [3.05, 3.63) is 41.0 Å². The summed E-state index contributed by atoms with van der Waals surface area (Å²) in [5.74, 6) is 0.717. The van der Waals surface area contributed by atoms with E-state index in [1.807, 2.05) is 17.0 Å². The van der Waals surface area contributed by atoms with Gasteiger partial charge in [0.25, 0.3) is 0 Å². The Morgan fingerprint density at radius 2 is 2.13 bits per heavy atom. The fourth-order valence-electron chi connectivity index (χ4n) is 3.47. The van der Waals surface area contributed by atoms with Gasteiger partial charge in [-0.2, -0.15) is 0 Å². The largest absolute Gasteiger partial charge is 0.508 e. The molecule has 0 aromatic heterocycles. The summed E-state index contributed by atoms with van der Waals surface area (Å²) in [6.07, 6.45) is 6.01. The Balaban J connectivity index is 1.69. The molecule has 1 aliphatic heterocycles. The summed E-state index contributed by atoms with van der Waals surface area (Å²) in [6.45, 7) is 4.70. The molecule has 1 heterocycles. The fraction of sp³-hybridized carbons (Fsp3) is 0.526. The molecular formula is C19H25NO3. The van der Waals surface area contributed by atoms with Crippen molar-refractivity contribution in [3.63, 3.8) is 0 Å². The molecule has 4 heteroatoms. The van der Waals surface area contributed by atoms with Crippen molar-refractivity contribution < 1.29 is 14.6 Å². The number of hydrogen-bond acceptors (Lipinski definition) is 3. The maximum Gasteiger partial charge on any atom is 0.227 e. The third kappa shape index (κ3) is 3.94. The van der Waals surface area contributed by atoms with Gasteiger partial charge in [0.15, 0.2) is 0 Å². The van der Waals surface area contributed by atoms with Crippen LogP contribution in [0.25, 0.3) is 0 Å². The van der Waals surface area contributed by atoms with E-state index < -0.39 is 0 Å². The number of benzene rings is 1. The molecular weight excluding hydrogens is 290 g/mol. The molecule has 0 radical (unpaired) electrons. The third-order valence-electron chi connectivity index (χ3n) is 4.79. The average Bonchev–Trinajstić information content (AvgIpc) is 2.56. The maximum absolute atomic E-state index is 12.3. The normalized spacial score (nSPS) is 21.9. The standard InChI is InChI=1S/C19H25NO3/c1-14-3-2-4-16(11-14)17-6-5-15(12-18(17)21)13-19(22)20-7-9-23-10-8-20/h5-6,11-12,16,21H,2-4,7-10,13H2,1H3/t16-/m0/s1. The molecule has 1 aliphatic carbocycles. The van der Waals surface area contributed by atoms with Crippen LogP contribution in [0.5, 0.6) is 5.75 Å². The van der Waals surface area contributed by atoms with Crippen LogP contribution in [0.1, 0.15) is 43.2 Å². The average molecular weight is 315 g/mol. The molecule has 1 N–H and O–H groups in total. The summed E-state index contributed by atoms with van der Waals surface area (Å²) in [5, 5.41) is 10.4. The zero-order chi connectivity index (χ0) is 16.2. The number of allylic oxidation sites excluding steroid dienone is 2. The monoisotopic (exact) mass is 315 g/mol. The van der Waals surface area contributed by atoms with E-state index in [0.29, 0.717) is 44.4 Å². The Bertz CT molecular complexity index is 603. The van der Waals surface area contributed by atoms with Crippen LogP contribution < -0.4 is 0 Å². The van der Waals surface area contributed by atoms with Gasteiger partial charge in [-0.1, -0.05) is 23.8 Å². The predicted octanol–water partition coefficient (Wildman–Crippen LogP) is 3.01. The van der Waals surface area contributed by atoms with E-state index in [9.17, 15) is 9.90 Å². The molecule has 0 bridgehead atoms. The minimum absolute atomic E-state index is 0.105. The summed E-state index contributed by atoms with van der Waals surface area (Å²) in [5.41, 5.74) is 3.25. The van der Waals surface area contributed by atoms with Gasteiger partial charge < -0.3 is 14.7 Å². The van der Waals surface area contributed by atoms with E-state index >= 15 is 0 Å². The van der Waals surface area contributed by atoms with Gasteiger partial charge in [-0.3, -0.25) is 4.79 Å². The highest BCUT2D eigenvalue weighted by atomic mass is 16.5. The van der Waals surface area contributed by atoms with E-state index in [4.69, 9.17) is 4.74 Å². The molecule has 4 nitrogen and oxygen atoms in total. The Kier molecular flexibility index (Phi) is 5.01. The lowest BCUT2D eigenvalue weighted by molar-refractivity contribution is -0.134. The van der Waals surface area contributed by atoms with Crippen LogP contribution in [-0.4, -0.2) is 42.2 Å². The van der Waals surface area contributed by atoms with Crippen molar-refractivity contribution in [2.75, 3.05) is 26.3 Å². The molecule has 1 fully saturated rings. The van der Waals surface area contributed by atoms with Crippen LogP contribution in [0.4, 0.5) is 0 Å². The first-order chi connectivity index (χ1) is 11.1. The number of ether oxygens (including phenoxy) is 1. The Morgan fingerprint density at radius 3 is 2.83 bits per heavy atom. The van der Waals surface area contributed by atoms with Crippen molar-refractivity contribution in [3.8, 4) is 5.75 Å². The predicted molar refractivity (Wildman–Crippen MR) is 89.6 cm³/mol. The number of phenols is 1. The number of hydrogen-bond donors (Lipinski definition) is 1. The van der Waals surface area contributed by atoms with Crippen molar-refractivity contribution >= 4 is 5.91 Å². The highest BCUT2D eigenvalue weighted by molar-refractivity contribution is 5.79. The van der Waals surface area contributed by atoms with Crippen LogP contribution in [0.2, 0.25) is 0 Å². The second-order valence-corrected chi connectivity index (χ2v) is 6.57. The van der Waals surface area contributed by atoms with E-state index in [0.717, 1.165) is 24.0 Å². The van der Waals surface area contributed by atoms with Crippen LogP contribution >= 0.6 is 0 Å². The number of nitrogens with zero attached hydrogens (tertiary/aromatic N) is 1. The summed E-state index contributed by atoms with van der Waals surface area (Å²) in [4.78, 5) is 14.1. The van der Waals surface area contributed by atoms with Crippen molar-refractivity contribution in [2.24, 2.45) is 0 Å². The number of rotatable bonds is 3. The molecule has 2 aliphatic rings. The molecule has 3 rings (SSSR count). The second-order valence-electron chi connectivity index (χ2n) is 6.57. The van der Waals surface area contributed by atoms with Gasteiger partial charge >= 0.3 is 0 Å². The van der Waals surface area contributed by atoms with Crippen LogP contribution in [0, 0.1) is 0 Å². The smallest absolute Gasteiger partial charge is 0.227 e. The third-order valence-corrected chi connectivity index (χ3v) is 4.79. The van der Waals surface area contributed by atoms with Crippen LogP contribution in [-0.2, 0) is 16.0 Å². The first-order valence-electron chi connectivity index (χ1n) is 8.48. The molecule has 0 spiro atoms.